The number of aromatic hydroxyl groups is 2. The van der Waals surface area contributed by atoms with Gasteiger partial charge in [0.05, 0.1) is 11.4 Å². The molecule has 0 fully saturated rings. The molecule has 22 heavy (non-hydrogen) atoms. The number of imidazole rings is 1. The second kappa shape index (κ2) is 5.61. The second-order valence-corrected chi connectivity index (χ2v) is 5.32. The summed E-state index contributed by atoms with van der Waals surface area (Å²) in [5.74, 6) is 0.0283. The molecule has 0 aliphatic rings. The molecule has 0 radical (unpaired) electrons. The first kappa shape index (κ1) is 14.3. The van der Waals surface area contributed by atoms with Crippen molar-refractivity contribution in [3.8, 4) is 17.3 Å². The first-order valence-electron chi connectivity index (χ1n) is 6.61. The van der Waals surface area contributed by atoms with Crippen molar-refractivity contribution >= 4 is 11.6 Å². The molecule has 0 saturated carbocycles. The van der Waals surface area contributed by atoms with Gasteiger partial charge in [0.25, 0.3) is 0 Å². The average molecular weight is 317 g/mol. The van der Waals surface area contributed by atoms with Crippen LogP contribution < -0.4 is 5.69 Å². The maximum atomic E-state index is 12.1. The molecule has 0 aliphatic heterocycles. The van der Waals surface area contributed by atoms with Gasteiger partial charge in [-0.25, -0.2) is 9.36 Å². The quantitative estimate of drug-likeness (QED) is 0.695. The third-order valence-corrected chi connectivity index (χ3v) is 3.60. The van der Waals surface area contributed by atoms with Gasteiger partial charge < -0.3 is 15.2 Å². The van der Waals surface area contributed by atoms with E-state index in [0.29, 0.717) is 22.8 Å². The van der Waals surface area contributed by atoms with Crippen LogP contribution >= 0.6 is 11.6 Å². The van der Waals surface area contributed by atoms with E-state index >= 15 is 0 Å². The van der Waals surface area contributed by atoms with Crippen LogP contribution in [0.2, 0.25) is 5.02 Å². The van der Waals surface area contributed by atoms with E-state index in [9.17, 15) is 15.0 Å². The van der Waals surface area contributed by atoms with Gasteiger partial charge in [0, 0.05) is 11.4 Å². The minimum Gasteiger partial charge on any atom is -0.508 e. The second-order valence-electron chi connectivity index (χ2n) is 4.89. The van der Waals surface area contributed by atoms with Gasteiger partial charge in [0.1, 0.15) is 5.75 Å². The van der Waals surface area contributed by atoms with Crippen molar-refractivity contribution in [3.05, 3.63) is 75.3 Å². The van der Waals surface area contributed by atoms with Crippen LogP contribution in [-0.4, -0.2) is 19.8 Å². The van der Waals surface area contributed by atoms with E-state index in [4.69, 9.17) is 11.6 Å². The molecule has 6 heteroatoms. The Labute approximate surface area is 131 Å². The lowest BCUT2D eigenvalue weighted by Crippen LogP contribution is -2.14. The number of benzene rings is 2. The van der Waals surface area contributed by atoms with Gasteiger partial charge in [-0.2, -0.15) is 0 Å². The Hall–Kier alpha value is -2.66. The van der Waals surface area contributed by atoms with Crippen molar-refractivity contribution in [2.45, 2.75) is 6.42 Å². The molecule has 0 saturated heterocycles. The van der Waals surface area contributed by atoms with Gasteiger partial charge in [-0.3, -0.25) is 0 Å². The summed E-state index contributed by atoms with van der Waals surface area (Å²) >= 11 is 5.83. The first-order chi connectivity index (χ1) is 10.5. The van der Waals surface area contributed by atoms with Crippen molar-refractivity contribution < 1.29 is 10.2 Å². The number of phenolic OH excluding ortho intramolecular Hbond substituents is 1. The lowest BCUT2D eigenvalue weighted by molar-refractivity contribution is 0.435. The van der Waals surface area contributed by atoms with Crippen molar-refractivity contribution in [2.24, 2.45) is 0 Å². The van der Waals surface area contributed by atoms with Gasteiger partial charge in [-0.15, -0.1) is 0 Å². The number of hydrogen-bond acceptors (Lipinski definition) is 3. The summed E-state index contributed by atoms with van der Waals surface area (Å²) in [6, 6.07) is 13.2. The van der Waals surface area contributed by atoms with Crippen LogP contribution in [0.5, 0.6) is 11.6 Å². The summed E-state index contributed by atoms with van der Waals surface area (Å²) in [5.41, 5.74) is 1.37. The molecular weight excluding hydrogens is 304 g/mol. The summed E-state index contributed by atoms with van der Waals surface area (Å²) in [7, 11) is 0. The summed E-state index contributed by atoms with van der Waals surface area (Å²) in [5, 5.41) is 20.1. The predicted molar refractivity (Wildman–Crippen MR) is 84.0 cm³/mol. The van der Waals surface area contributed by atoms with Gasteiger partial charge in [0.2, 0.25) is 5.88 Å². The highest BCUT2D eigenvalue weighted by atomic mass is 35.5. The molecular formula is C16H13ClN2O3. The molecule has 0 amide bonds. The van der Waals surface area contributed by atoms with Crippen LogP contribution in [0.3, 0.4) is 0 Å². The van der Waals surface area contributed by atoms with Crippen molar-refractivity contribution in [2.75, 3.05) is 0 Å². The number of rotatable bonds is 3. The number of aromatic nitrogens is 2. The normalized spacial score (nSPS) is 10.8. The number of nitrogens with one attached hydrogen (secondary N) is 1. The molecule has 0 spiro atoms. The third kappa shape index (κ3) is 2.71. The van der Waals surface area contributed by atoms with Gasteiger partial charge >= 0.3 is 5.69 Å². The molecule has 1 aromatic heterocycles. The SMILES string of the molecule is O=c1[nH]c(Cc2ccc(O)cc2)c(O)n1-c1ccc(Cl)cc1. The van der Waals surface area contributed by atoms with Gasteiger partial charge in [0.15, 0.2) is 0 Å². The summed E-state index contributed by atoms with van der Waals surface area (Å²) < 4.78 is 1.19. The molecule has 0 bridgehead atoms. The molecule has 112 valence electrons. The maximum Gasteiger partial charge on any atom is 0.333 e. The summed E-state index contributed by atoms with van der Waals surface area (Å²) in [6.07, 6.45) is 0.349. The molecule has 3 rings (SSSR count). The van der Waals surface area contributed by atoms with Crippen molar-refractivity contribution in [1.29, 1.82) is 0 Å². The van der Waals surface area contributed by atoms with E-state index in [1.165, 1.54) is 4.57 Å². The number of hydrogen-bond donors (Lipinski definition) is 3. The zero-order valence-electron chi connectivity index (χ0n) is 11.5. The number of H-pyrrole nitrogens is 1. The lowest BCUT2D eigenvalue weighted by atomic mass is 10.1. The van der Waals surface area contributed by atoms with Crippen LogP contribution in [0.15, 0.2) is 53.3 Å². The molecule has 2 aromatic carbocycles. The van der Waals surface area contributed by atoms with Gasteiger partial charge in [-0.05, 0) is 42.0 Å². The molecule has 3 aromatic rings. The maximum absolute atomic E-state index is 12.1. The van der Waals surface area contributed by atoms with Crippen LogP contribution in [0.1, 0.15) is 11.3 Å². The first-order valence-corrected chi connectivity index (χ1v) is 6.99. The fourth-order valence-electron chi connectivity index (χ4n) is 2.24. The molecule has 0 aliphatic carbocycles. The van der Waals surface area contributed by atoms with E-state index in [1.807, 2.05) is 0 Å². The Morgan fingerprint density at radius 1 is 1.00 bits per heavy atom. The molecule has 0 unspecified atom stereocenters. The highest BCUT2D eigenvalue weighted by Crippen LogP contribution is 2.22. The highest BCUT2D eigenvalue weighted by Gasteiger charge is 2.14. The highest BCUT2D eigenvalue weighted by molar-refractivity contribution is 6.30. The van der Waals surface area contributed by atoms with Crippen LogP contribution in [0.25, 0.3) is 5.69 Å². The lowest BCUT2D eigenvalue weighted by Gasteiger charge is -2.04. The topological polar surface area (TPSA) is 78.2 Å². The van der Waals surface area contributed by atoms with Crippen LogP contribution in [0, 0.1) is 0 Å². The predicted octanol–water partition coefficient (Wildman–Crippen LogP) is 2.82. The zero-order chi connectivity index (χ0) is 15.7. The Balaban J connectivity index is 1.98. The van der Waals surface area contributed by atoms with Crippen molar-refractivity contribution in [3.63, 3.8) is 0 Å². The minimum absolute atomic E-state index is 0.139. The van der Waals surface area contributed by atoms with Gasteiger partial charge in [-0.1, -0.05) is 23.7 Å². The monoisotopic (exact) mass is 316 g/mol. The molecule has 5 nitrogen and oxygen atoms in total. The summed E-state index contributed by atoms with van der Waals surface area (Å²) in [4.78, 5) is 14.7. The van der Waals surface area contributed by atoms with Crippen LogP contribution in [-0.2, 0) is 6.42 Å². The Morgan fingerprint density at radius 3 is 2.27 bits per heavy atom. The largest absolute Gasteiger partial charge is 0.508 e. The van der Waals surface area contributed by atoms with E-state index in [2.05, 4.69) is 4.98 Å². The number of phenols is 1. The minimum atomic E-state index is -0.423. The molecule has 3 N–H and O–H groups in total. The Bertz CT molecular complexity index is 849. The van der Waals surface area contributed by atoms with Crippen molar-refractivity contribution in [1.82, 2.24) is 9.55 Å². The Morgan fingerprint density at radius 2 is 1.64 bits per heavy atom. The number of halogens is 1. The fraction of sp³-hybridized carbons (Fsp3) is 0.0625. The molecule has 0 atom stereocenters. The fourth-order valence-corrected chi connectivity index (χ4v) is 2.37. The zero-order valence-corrected chi connectivity index (χ0v) is 12.2. The number of nitrogens with zero attached hydrogens (tertiary/aromatic N) is 1. The average Bonchev–Trinajstić information content (AvgIpc) is 2.77. The summed E-state index contributed by atoms with van der Waals surface area (Å²) in [6.45, 7) is 0. The van der Waals surface area contributed by atoms with E-state index in [1.54, 1.807) is 48.5 Å². The number of aromatic amines is 1. The van der Waals surface area contributed by atoms with E-state index < -0.39 is 5.69 Å². The third-order valence-electron chi connectivity index (χ3n) is 3.34. The smallest absolute Gasteiger partial charge is 0.333 e. The van der Waals surface area contributed by atoms with E-state index in [-0.39, 0.29) is 11.6 Å². The van der Waals surface area contributed by atoms with Crippen LogP contribution in [0.4, 0.5) is 0 Å². The molecule has 1 heterocycles. The Kier molecular flexibility index (Phi) is 3.65. The van der Waals surface area contributed by atoms with E-state index in [0.717, 1.165) is 5.56 Å². The standard InChI is InChI=1S/C16H13ClN2O3/c17-11-3-5-12(6-4-11)19-15(21)14(18-16(19)22)9-10-1-7-13(20)8-2-10/h1-8,20-21H,9H2,(H,18,22).